The fraction of sp³-hybridized carbons (Fsp3) is 0. The summed E-state index contributed by atoms with van der Waals surface area (Å²) in [5.74, 6) is 0. The zero-order valence-corrected chi connectivity index (χ0v) is 10.5. The predicted molar refractivity (Wildman–Crippen MR) is 60.2 cm³/mol. The van der Waals surface area contributed by atoms with E-state index in [1.807, 2.05) is 30.3 Å². The minimum atomic E-state index is 1.20. The summed E-state index contributed by atoms with van der Waals surface area (Å²) in [5.41, 5.74) is 0. The van der Waals surface area contributed by atoms with Crippen molar-refractivity contribution in [3.63, 3.8) is 0 Å². The number of benzene rings is 1. The Labute approximate surface area is 121 Å². The van der Waals surface area contributed by atoms with Gasteiger partial charge in [0.1, 0.15) is 0 Å². The zero-order chi connectivity index (χ0) is 17.1. The quantitative estimate of drug-likeness (QED) is 0.576. The van der Waals surface area contributed by atoms with Crippen LogP contribution in [0.4, 0.5) is 0 Å². The van der Waals surface area contributed by atoms with E-state index >= 15 is 0 Å². The van der Waals surface area contributed by atoms with Crippen molar-refractivity contribution in [2.45, 2.75) is 0 Å². The molecular weight excluding hydrogens is 292 g/mol. The van der Waals surface area contributed by atoms with E-state index in [0.717, 1.165) is 0 Å². The second-order valence-corrected chi connectivity index (χ2v) is 2.05. The van der Waals surface area contributed by atoms with Crippen molar-refractivity contribution < 1.29 is 45.1 Å². The molecule has 19 heavy (non-hydrogen) atoms. The fourth-order valence-corrected chi connectivity index (χ4v) is 0.666. The van der Waals surface area contributed by atoms with Gasteiger partial charge in [0.05, 0.1) is 0 Å². The van der Waals surface area contributed by atoms with Gasteiger partial charge in [0, 0.05) is 0 Å². The van der Waals surface area contributed by atoms with E-state index in [9.17, 15) is 0 Å². The van der Waals surface area contributed by atoms with Crippen LogP contribution in [-0.4, -0.2) is 40.7 Å². The Morgan fingerprint density at radius 1 is 0.526 bits per heavy atom. The molecule has 0 heterocycles. The van der Waals surface area contributed by atoms with Crippen molar-refractivity contribution in [2.75, 3.05) is 0 Å². The first-order valence-electron chi connectivity index (χ1n) is 3.34. The number of rotatable bonds is 0. The summed E-state index contributed by atoms with van der Waals surface area (Å²) in [6.45, 7) is 27.0. The van der Waals surface area contributed by atoms with Gasteiger partial charge < -0.3 is 0 Å². The van der Waals surface area contributed by atoms with Crippen LogP contribution < -0.4 is 4.43 Å². The number of hydrogen-bond donors (Lipinski definition) is 0. The van der Waals surface area contributed by atoms with E-state index in [0.29, 0.717) is 0 Å². The molecule has 0 fully saturated rings. The van der Waals surface area contributed by atoms with E-state index in [-0.39, 0.29) is 0 Å². The predicted octanol–water partition coefficient (Wildman–Crippen LogP) is -1.52. The fourth-order valence-electron chi connectivity index (χ4n) is 0.420. The summed E-state index contributed by atoms with van der Waals surface area (Å²) in [6, 6.07) is 10.1. The number of carbonyl (C=O) groups excluding carboxylic acids is 6. The SMILES string of the molecule is [C]=O.[C]=O.[C]=O.[C]=O.[C]=O.[C]=O.[Cr][c]1ccccc1. The molecule has 0 saturated heterocycles. The minimum absolute atomic E-state index is 1.20. The zero-order valence-electron chi connectivity index (χ0n) is 9.24. The first kappa shape index (κ1) is 36.0. The van der Waals surface area contributed by atoms with Crippen molar-refractivity contribution in [1.82, 2.24) is 0 Å². The Bertz CT molecular complexity index is 207. The molecule has 0 aliphatic carbocycles. The van der Waals surface area contributed by atoms with Crippen molar-refractivity contribution in [1.29, 1.82) is 0 Å². The molecule has 0 spiro atoms. The van der Waals surface area contributed by atoms with Crippen LogP contribution in [-0.2, 0) is 45.1 Å². The molecule has 0 N–H and O–H groups in total. The Hall–Kier alpha value is -2.23. The Balaban J connectivity index is -0.0000000304. The van der Waals surface area contributed by atoms with Crippen LogP contribution in [0.1, 0.15) is 0 Å². The van der Waals surface area contributed by atoms with Crippen molar-refractivity contribution in [3.8, 4) is 0 Å². The van der Waals surface area contributed by atoms with Crippen molar-refractivity contribution >= 4 is 45.2 Å². The van der Waals surface area contributed by atoms with Gasteiger partial charge in [-0.25, -0.2) is 0 Å². The van der Waals surface area contributed by atoms with E-state index in [1.54, 1.807) is 0 Å². The van der Waals surface area contributed by atoms with Crippen LogP contribution in [0.3, 0.4) is 0 Å². The number of hydrogen-bond acceptors (Lipinski definition) is 6. The van der Waals surface area contributed by atoms with Crippen molar-refractivity contribution in [3.05, 3.63) is 30.3 Å². The van der Waals surface area contributed by atoms with Crippen LogP contribution in [0.25, 0.3) is 0 Å². The molecule has 7 heteroatoms. The standard InChI is InChI=1S/C6H5.6CO.Cr/c1-2-4-6-5-3-1;6*1-2;/h1-5H;;;;;;;. The van der Waals surface area contributed by atoms with Crippen LogP contribution in [0, 0.1) is 0 Å². The van der Waals surface area contributed by atoms with Crippen molar-refractivity contribution in [2.24, 2.45) is 0 Å². The Morgan fingerprint density at radius 3 is 0.842 bits per heavy atom. The summed E-state index contributed by atoms with van der Waals surface area (Å²) >= 11 is 2.90. The van der Waals surface area contributed by atoms with E-state index in [1.165, 1.54) is 4.43 Å². The van der Waals surface area contributed by atoms with Gasteiger partial charge in [-0.05, 0) is 0 Å². The average molecular weight is 297 g/mol. The van der Waals surface area contributed by atoms with Crippen LogP contribution in [0.5, 0.6) is 0 Å². The van der Waals surface area contributed by atoms with E-state index < -0.39 is 0 Å². The van der Waals surface area contributed by atoms with E-state index in [2.05, 4.69) is 57.0 Å². The maximum atomic E-state index is 7.50. The molecule has 0 unspecified atom stereocenters. The molecule has 0 saturated carbocycles. The molecule has 0 bridgehead atoms. The summed E-state index contributed by atoms with van der Waals surface area (Å²) in [7, 11) is 0. The molecule has 0 atom stereocenters. The van der Waals surface area contributed by atoms with Gasteiger partial charge in [-0.1, -0.05) is 0 Å². The molecule has 1 aromatic rings. The molecule has 0 aliphatic heterocycles. The Morgan fingerprint density at radius 2 is 0.737 bits per heavy atom. The Kier molecular flexibility index (Phi) is 195. The first-order chi connectivity index (χ1) is 9.39. The first-order valence-corrected chi connectivity index (χ1v) is 3.98. The van der Waals surface area contributed by atoms with Gasteiger partial charge in [0.2, 0.25) is 0 Å². The molecule has 1 rings (SSSR count). The van der Waals surface area contributed by atoms with Gasteiger partial charge in [0.25, 0.3) is 40.7 Å². The van der Waals surface area contributed by atoms with Gasteiger partial charge in [0.15, 0.2) is 0 Å². The van der Waals surface area contributed by atoms with Crippen LogP contribution in [0.15, 0.2) is 30.3 Å². The van der Waals surface area contributed by atoms with E-state index in [4.69, 9.17) is 28.8 Å². The summed E-state index contributed by atoms with van der Waals surface area (Å²) < 4.78 is 1.20. The van der Waals surface area contributed by atoms with Gasteiger partial charge in [-0.2, -0.15) is 0 Å². The molecule has 1 aromatic carbocycles. The second kappa shape index (κ2) is 103. The normalized spacial score (nSPS) is 4.42. The second-order valence-electron chi connectivity index (χ2n) is 1.31. The molecule has 0 aromatic heterocycles. The summed E-state index contributed by atoms with van der Waals surface area (Å²) in [6.07, 6.45) is 0. The molecule has 0 aliphatic rings. The maximum absolute atomic E-state index is 7.50. The molecule has 95 valence electrons. The third-order valence-electron chi connectivity index (χ3n) is 0.743. The third kappa shape index (κ3) is 89.8. The summed E-state index contributed by atoms with van der Waals surface area (Å²) in [4.78, 5) is 45.0. The molecular formula is C12H5CrO6. The van der Waals surface area contributed by atoms with Crippen LogP contribution in [0.2, 0.25) is 0 Å². The van der Waals surface area contributed by atoms with Gasteiger partial charge in [-0.3, -0.25) is 28.8 Å². The average Bonchev–Trinajstić information content (AvgIpc) is 2.59. The monoisotopic (exact) mass is 297 g/mol. The topological polar surface area (TPSA) is 102 Å². The van der Waals surface area contributed by atoms with Gasteiger partial charge in [-0.15, -0.1) is 0 Å². The molecule has 6 nitrogen and oxygen atoms in total. The molecule has 12 radical (unpaired) electrons. The van der Waals surface area contributed by atoms with Crippen LogP contribution >= 0.6 is 0 Å². The summed E-state index contributed by atoms with van der Waals surface area (Å²) in [5, 5.41) is 0. The molecule has 0 amide bonds. The van der Waals surface area contributed by atoms with Gasteiger partial charge >= 0.3 is 51.0 Å². The third-order valence-corrected chi connectivity index (χ3v) is 1.17.